The molecule has 0 spiro atoms. The molecule has 3 rings (SSSR count). The number of halogens is 1. The summed E-state index contributed by atoms with van der Waals surface area (Å²) in [6.45, 7) is 1.93. The predicted octanol–water partition coefficient (Wildman–Crippen LogP) is 3.86. The van der Waals surface area contributed by atoms with Crippen LogP contribution in [0.4, 0.5) is 0 Å². The molecular formula is C17H15ClN2O3S. The molecule has 0 radical (unpaired) electrons. The zero-order valence-corrected chi connectivity index (χ0v) is 14.5. The highest BCUT2D eigenvalue weighted by atomic mass is 35.5. The van der Waals surface area contributed by atoms with E-state index in [1.54, 1.807) is 48.5 Å². The fourth-order valence-electron chi connectivity index (χ4n) is 2.16. The van der Waals surface area contributed by atoms with Gasteiger partial charge in [0.25, 0.3) is 0 Å². The van der Waals surface area contributed by atoms with E-state index in [-0.39, 0.29) is 10.8 Å². The van der Waals surface area contributed by atoms with Crippen LogP contribution in [-0.2, 0) is 16.5 Å². The van der Waals surface area contributed by atoms with Crippen molar-refractivity contribution in [3.8, 4) is 11.6 Å². The highest BCUT2D eigenvalue weighted by molar-refractivity contribution is 7.87. The number of hydrogen-bond donors (Lipinski definition) is 0. The van der Waals surface area contributed by atoms with Crippen molar-refractivity contribution in [1.29, 1.82) is 0 Å². The number of nitrogens with zero attached hydrogens (tertiary/aromatic N) is 2. The van der Waals surface area contributed by atoms with Gasteiger partial charge >= 0.3 is 10.1 Å². The van der Waals surface area contributed by atoms with E-state index in [0.717, 1.165) is 5.69 Å². The van der Waals surface area contributed by atoms with Gasteiger partial charge in [-0.3, -0.25) is 0 Å². The second-order valence-electron chi connectivity index (χ2n) is 5.07. The van der Waals surface area contributed by atoms with E-state index < -0.39 is 10.1 Å². The minimum absolute atomic E-state index is 0.0897. The third-order valence-electron chi connectivity index (χ3n) is 3.39. The third kappa shape index (κ3) is 3.44. The van der Waals surface area contributed by atoms with Crippen LogP contribution in [0.1, 0.15) is 12.6 Å². The molecule has 0 atom stereocenters. The zero-order chi connectivity index (χ0) is 17.2. The summed E-state index contributed by atoms with van der Waals surface area (Å²) in [5.41, 5.74) is 1.39. The van der Waals surface area contributed by atoms with Crippen LogP contribution in [0.3, 0.4) is 0 Å². The van der Waals surface area contributed by atoms with Crippen molar-refractivity contribution in [2.75, 3.05) is 0 Å². The molecular weight excluding hydrogens is 348 g/mol. The van der Waals surface area contributed by atoms with E-state index in [1.165, 1.54) is 16.8 Å². The van der Waals surface area contributed by atoms with Gasteiger partial charge in [0.2, 0.25) is 5.88 Å². The van der Waals surface area contributed by atoms with E-state index in [9.17, 15) is 8.42 Å². The number of aromatic nitrogens is 2. The summed E-state index contributed by atoms with van der Waals surface area (Å²) in [5.74, 6) is 0.137. The molecule has 0 unspecified atom stereocenters. The molecule has 124 valence electrons. The zero-order valence-electron chi connectivity index (χ0n) is 12.9. The topological polar surface area (TPSA) is 61.2 Å². The van der Waals surface area contributed by atoms with Crippen LogP contribution in [0.25, 0.3) is 5.69 Å². The third-order valence-corrected chi connectivity index (χ3v) is 4.88. The van der Waals surface area contributed by atoms with Gasteiger partial charge in [-0.25, -0.2) is 0 Å². The summed E-state index contributed by atoms with van der Waals surface area (Å²) in [6, 6.07) is 16.5. The van der Waals surface area contributed by atoms with Crippen molar-refractivity contribution in [3.63, 3.8) is 0 Å². The summed E-state index contributed by atoms with van der Waals surface area (Å²) in [6.07, 6.45) is 0.655. The van der Waals surface area contributed by atoms with Gasteiger partial charge in [0, 0.05) is 11.1 Å². The van der Waals surface area contributed by atoms with Gasteiger partial charge in [-0.15, -0.1) is 0 Å². The van der Waals surface area contributed by atoms with E-state index in [0.29, 0.717) is 17.1 Å². The highest BCUT2D eigenvalue weighted by Crippen LogP contribution is 2.24. The van der Waals surface area contributed by atoms with Crippen LogP contribution in [0, 0.1) is 0 Å². The number of benzene rings is 2. The molecule has 0 aliphatic carbocycles. The second-order valence-corrected chi connectivity index (χ2v) is 7.05. The van der Waals surface area contributed by atoms with Crippen molar-refractivity contribution in [3.05, 3.63) is 71.4 Å². The lowest BCUT2D eigenvalue weighted by Gasteiger charge is -2.09. The first-order chi connectivity index (χ1) is 11.5. The van der Waals surface area contributed by atoms with Crippen LogP contribution >= 0.6 is 11.6 Å². The Kier molecular flexibility index (Phi) is 4.59. The average Bonchev–Trinajstić information content (AvgIpc) is 2.98. The van der Waals surface area contributed by atoms with Crippen molar-refractivity contribution < 1.29 is 12.6 Å². The molecule has 3 aromatic rings. The molecule has 7 heteroatoms. The first-order valence-corrected chi connectivity index (χ1v) is 9.12. The summed E-state index contributed by atoms with van der Waals surface area (Å²) in [7, 11) is -3.93. The van der Waals surface area contributed by atoms with Gasteiger partial charge in [0.1, 0.15) is 4.90 Å². The maximum atomic E-state index is 12.5. The maximum absolute atomic E-state index is 12.5. The summed E-state index contributed by atoms with van der Waals surface area (Å²) < 4.78 is 31.7. The van der Waals surface area contributed by atoms with Crippen LogP contribution in [0.15, 0.2) is 65.6 Å². The van der Waals surface area contributed by atoms with E-state index >= 15 is 0 Å². The number of aryl methyl sites for hydroxylation is 1. The number of hydrogen-bond acceptors (Lipinski definition) is 4. The Morgan fingerprint density at radius 2 is 1.75 bits per heavy atom. The molecule has 2 aromatic carbocycles. The smallest absolute Gasteiger partial charge is 0.340 e. The highest BCUT2D eigenvalue weighted by Gasteiger charge is 2.20. The SMILES string of the molecule is CCc1cc(OS(=O)(=O)c2ccccc2)n(-c2ccc(Cl)cc2)n1. The largest absolute Gasteiger partial charge is 0.358 e. The average molecular weight is 363 g/mol. The first kappa shape index (κ1) is 16.5. The first-order valence-electron chi connectivity index (χ1n) is 7.34. The molecule has 0 amide bonds. The minimum Gasteiger partial charge on any atom is -0.358 e. The second kappa shape index (κ2) is 6.67. The van der Waals surface area contributed by atoms with Crippen molar-refractivity contribution in [1.82, 2.24) is 9.78 Å². The molecule has 0 bridgehead atoms. The molecule has 1 heterocycles. The van der Waals surface area contributed by atoms with Gasteiger partial charge in [-0.05, 0) is 42.8 Å². The molecule has 0 aliphatic rings. The summed E-state index contributed by atoms with van der Waals surface area (Å²) in [4.78, 5) is 0.0897. The maximum Gasteiger partial charge on any atom is 0.340 e. The standard InChI is InChI=1S/C17H15ClN2O3S/c1-2-14-12-17(20(19-14)15-10-8-13(18)9-11-15)23-24(21,22)16-6-4-3-5-7-16/h3-12H,2H2,1H3. The van der Waals surface area contributed by atoms with Gasteiger partial charge < -0.3 is 4.18 Å². The van der Waals surface area contributed by atoms with Crippen molar-refractivity contribution in [2.45, 2.75) is 18.2 Å². The quantitative estimate of drug-likeness (QED) is 0.647. The summed E-state index contributed by atoms with van der Waals surface area (Å²) >= 11 is 5.90. The van der Waals surface area contributed by atoms with E-state index in [4.69, 9.17) is 15.8 Å². The molecule has 1 aromatic heterocycles. The Labute approximate surface area is 145 Å². The Hall–Kier alpha value is -2.31. The Bertz CT molecular complexity index is 936. The lowest BCUT2D eigenvalue weighted by atomic mass is 10.3. The van der Waals surface area contributed by atoms with Crippen LogP contribution in [0.2, 0.25) is 5.02 Å². The molecule has 0 aliphatic heterocycles. The predicted molar refractivity (Wildman–Crippen MR) is 92.2 cm³/mol. The lowest BCUT2D eigenvalue weighted by Crippen LogP contribution is -2.12. The fourth-order valence-corrected chi connectivity index (χ4v) is 3.21. The van der Waals surface area contributed by atoms with Crippen LogP contribution < -0.4 is 4.18 Å². The molecule has 5 nitrogen and oxygen atoms in total. The van der Waals surface area contributed by atoms with Crippen LogP contribution in [-0.4, -0.2) is 18.2 Å². The van der Waals surface area contributed by atoms with E-state index in [1.807, 2.05) is 6.92 Å². The van der Waals surface area contributed by atoms with E-state index in [2.05, 4.69) is 5.10 Å². The summed E-state index contributed by atoms with van der Waals surface area (Å²) in [5, 5.41) is 4.97. The lowest BCUT2D eigenvalue weighted by molar-refractivity contribution is 0.465. The fraction of sp³-hybridized carbons (Fsp3) is 0.118. The molecule has 0 N–H and O–H groups in total. The number of rotatable bonds is 5. The molecule has 24 heavy (non-hydrogen) atoms. The molecule has 0 saturated carbocycles. The van der Waals surface area contributed by atoms with Gasteiger partial charge in [-0.2, -0.15) is 18.2 Å². The Balaban J connectivity index is 2.02. The Morgan fingerprint density at radius 3 is 2.38 bits per heavy atom. The molecule has 0 saturated heterocycles. The van der Waals surface area contributed by atoms with Crippen molar-refractivity contribution >= 4 is 21.7 Å². The van der Waals surface area contributed by atoms with Crippen molar-refractivity contribution in [2.24, 2.45) is 0 Å². The van der Waals surface area contributed by atoms with Gasteiger partial charge in [0.05, 0.1) is 11.4 Å². The van der Waals surface area contributed by atoms with Crippen LogP contribution in [0.5, 0.6) is 5.88 Å². The normalized spacial score (nSPS) is 11.4. The van der Waals surface area contributed by atoms with Gasteiger partial charge in [-0.1, -0.05) is 36.7 Å². The monoisotopic (exact) mass is 362 g/mol. The molecule has 0 fully saturated rings. The Morgan fingerprint density at radius 1 is 1.08 bits per heavy atom. The van der Waals surface area contributed by atoms with Gasteiger partial charge in [0.15, 0.2) is 0 Å². The minimum atomic E-state index is -3.93.